The largest absolute Gasteiger partial charge is 0.467 e. The Balaban J connectivity index is 1.57. The van der Waals surface area contributed by atoms with Crippen LogP contribution in [0.1, 0.15) is 33.4 Å². The maximum absolute atomic E-state index is 12.6. The normalized spacial score (nSPS) is 15.1. The van der Waals surface area contributed by atoms with Crippen LogP contribution in [0.2, 0.25) is 10.0 Å². The second kappa shape index (κ2) is 9.98. The minimum absolute atomic E-state index is 0.00946. The summed E-state index contributed by atoms with van der Waals surface area (Å²) in [5, 5.41) is 0.897. The molecule has 174 valence electrons. The van der Waals surface area contributed by atoms with Gasteiger partial charge in [0.1, 0.15) is 0 Å². The van der Waals surface area contributed by atoms with E-state index in [1.165, 1.54) is 54.7 Å². The van der Waals surface area contributed by atoms with E-state index in [0.29, 0.717) is 10.0 Å². The van der Waals surface area contributed by atoms with Crippen LogP contribution in [0.4, 0.5) is 0 Å². The zero-order chi connectivity index (χ0) is 24.2. The third kappa shape index (κ3) is 5.22. The molecular formula is C23H16Cl2N2O7. The number of benzene rings is 2. The Morgan fingerprint density at radius 3 is 2.12 bits per heavy atom. The summed E-state index contributed by atoms with van der Waals surface area (Å²) in [5.74, 6) is -1.38. The molecule has 1 aromatic heterocycles. The predicted octanol–water partition coefficient (Wildman–Crippen LogP) is 3.69. The summed E-state index contributed by atoms with van der Waals surface area (Å²) >= 11 is 11.7. The van der Waals surface area contributed by atoms with Crippen LogP contribution in [0, 0.1) is 0 Å². The van der Waals surface area contributed by atoms with E-state index < -0.39 is 36.0 Å². The SMILES string of the molecule is O=C(OCC1=C(OC(=O)c2ccc(Cl)cc2)CC(n2c(=O)cc[nH]c2=O)O1)c1ccc(Cl)cc1. The van der Waals surface area contributed by atoms with Gasteiger partial charge in [-0.15, -0.1) is 0 Å². The average Bonchev–Trinajstić information content (AvgIpc) is 3.20. The van der Waals surface area contributed by atoms with Crippen LogP contribution < -0.4 is 11.2 Å². The van der Waals surface area contributed by atoms with Crippen molar-refractivity contribution in [1.82, 2.24) is 9.55 Å². The second-order valence-corrected chi connectivity index (χ2v) is 7.97. The fourth-order valence-corrected chi connectivity index (χ4v) is 3.42. The van der Waals surface area contributed by atoms with Crippen molar-refractivity contribution in [2.75, 3.05) is 6.61 Å². The zero-order valence-corrected chi connectivity index (χ0v) is 18.8. The molecule has 1 aliphatic rings. The molecule has 9 nitrogen and oxygen atoms in total. The number of hydrogen-bond donors (Lipinski definition) is 1. The zero-order valence-electron chi connectivity index (χ0n) is 17.3. The quantitative estimate of drug-likeness (QED) is 0.510. The average molecular weight is 503 g/mol. The highest BCUT2D eigenvalue weighted by Gasteiger charge is 2.33. The van der Waals surface area contributed by atoms with Gasteiger partial charge in [0.05, 0.1) is 17.5 Å². The highest BCUT2D eigenvalue weighted by Crippen LogP contribution is 2.32. The van der Waals surface area contributed by atoms with Gasteiger partial charge in [-0.1, -0.05) is 23.2 Å². The molecule has 2 aromatic carbocycles. The molecule has 0 radical (unpaired) electrons. The van der Waals surface area contributed by atoms with Crippen LogP contribution in [0.25, 0.3) is 0 Å². The fourth-order valence-electron chi connectivity index (χ4n) is 3.17. The Kier molecular flexibility index (Phi) is 6.85. The van der Waals surface area contributed by atoms with E-state index in [1.54, 1.807) is 0 Å². The lowest BCUT2D eigenvalue weighted by atomic mass is 10.2. The van der Waals surface area contributed by atoms with Crippen LogP contribution in [-0.2, 0) is 14.2 Å². The third-order valence-corrected chi connectivity index (χ3v) is 5.34. The van der Waals surface area contributed by atoms with Gasteiger partial charge in [-0.25, -0.2) is 19.0 Å². The van der Waals surface area contributed by atoms with E-state index in [4.69, 9.17) is 37.4 Å². The first-order valence-corrected chi connectivity index (χ1v) is 10.7. The van der Waals surface area contributed by atoms with Crippen molar-refractivity contribution in [2.24, 2.45) is 0 Å². The summed E-state index contributed by atoms with van der Waals surface area (Å²) in [4.78, 5) is 51.8. The van der Waals surface area contributed by atoms with Gasteiger partial charge >= 0.3 is 17.6 Å². The second-order valence-electron chi connectivity index (χ2n) is 7.09. The minimum atomic E-state index is -1.10. The summed E-state index contributed by atoms with van der Waals surface area (Å²) in [6.07, 6.45) is -0.0188. The van der Waals surface area contributed by atoms with Crippen LogP contribution in [-0.4, -0.2) is 28.1 Å². The highest BCUT2D eigenvalue weighted by molar-refractivity contribution is 6.31. The van der Waals surface area contributed by atoms with E-state index in [0.717, 1.165) is 10.6 Å². The summed E-state index contributed by atoms with van der Waals surface area (Å²) in [7, 11) is 0. The molecule has 0 aliphatic carbocycles. The first kappa shape index (κ1) is 23.3. The molecule has 0 spiro atoms. The Morgan fingerprint density at radius 1 is 0.941 bits per heavy atom. The Morgan fingerprint density at radius 2 is 1.53 bits per heavy atom. The van der Waals surface area contributed by atoms with Crippen molar-refractivity contribution in [3.63, 3.8) is 0 Å². The lowest BCUT2D eigenvalue weighted by Gasteiger charge is -2.14. The van der Waals surface area contributed by atoms with Gasteiger partial charge in [0.15, 0.2) is 24.4 Å². The maximum Gasteiger partial charge on any atom is 0.343 e. The number of carbonyl (C=O) groups excluding carboxylic acids is 2. The number of rotatable bonds is 6. The summed E-state index contributed by atoms with van der Waals surface area (Å²) < 4.78 is 17.3. The van der Waals surface area contributed by atoms with Crippen molar-refractivity contribution in [3.8, 4) is 0 Å². The molecule has 1 atom stereocenters. The van der Waals surface area contributed by atoms with Gasteiger partial charge in [-0.05, 0) is 48.5 Å². The standard InChI is InChI=1S/C23H16Cl2N2O7/c24-15-5-1-13(2-6-15)21(29)32-12-18-17(34-22(30)14-3-7-16(25)8-4-14)11-20(33-18)27-19(28)9-10-26-23(27)31/h1-10,20H,11-12H2,(H,26,31). The third-order valence-electron chi connectivity index (χ3n) is 4.84. The number of ether oxygens (including phenoxy) is 3. The van der Waals surface area contributed by atoms with Gasteiger partial charge in [0.25, 0.3) is 5.56 Å². The van der Waals surface area contributed by atoms with Crippen molar-refractivity contribution < 1.29 is 23.8 Å². The summed E-state index contributed by atoms with van der Waals surface area (Å²) in [6, 6.07) is 13.2. The molecule has 1 aliphatic heterocycles. The molecule has 0 saturated carbocycles. The molecule has 34 heavy (non-hydrogen) atoms. The van der Waals surface area contributed by atoms with Gasteiger partial charge in [0, 0.05) is 22.3 Å². The van der Waals surface area contributed by atoms with Crippen LogP contribution >= 0.6 is 23.2 Å². The number of nitrogens with zero attached hydrogens (tertiary/aromatic N) is 1. The van der Waals surface area contributed by atoms with Gasteiger partial charge in [0.2, 0.25) is 0 Å². The number of esters is 2. The lowest BCUT2D eigenvalue weighted by molar-refractivity contribution is 0.0298. The van der Waals surface area contributed by atoms with Crippen LogP contribution in [0.3, 0.4) is 0 Å². The Labute approximate surface area is 202 Å². The lowest BCUT2D eigenvalue weighted by Crippen LogP contribution is -2.37. The molecule has 0 fully saturated rings. The van der Waals surface area contributed by atoms with Crippen molar-refractivity contribution in [1.29, 1.82) is 0 Å². The minimum Gasteiger partial charge on any atom is -0.467 e. The number of carbonyl (C=O) groups is 2. The smallest absolute Gasteiger partial charge is 0.343 e. The molecular weight excluding hydrogens is 487 g/mol. The first-order chi connectivity index (χ1) is 16.3. The van der Waals surface area contributed by atoms with Crippen LogP contribution in [0.15, 0.2) is 81.9 Å². The highest BCUT2D eigenvalue weighted by atomic mass is 35.5. The molecule has 0 saturated heterocycles. The molecule has 11 heteroatoms. The maximum atomic E-state index is 12.6. The number of nitrogens with one attached hydrogen (secondary N) is 1. The van der Waals surface area contributed by atoms with Crippen LogP contribution in [0.5, 0.6) is 0 Å². The van der Waals surface area contributed by atoms with Crippen molar-refractivity contribution >= 4 is 35.1 Å². The van der Waals surface area contributed by atoms with Gasteiger partial charge in [-0.3, -0.25) is 4.79 Å². The molecule has 1 unspecified atom stereocenters. The van der Waals surface area contributed by atoms with Crippen molar-refractivity contribution in [3.05, 3.63) is 114 Å². The fraction of sp³-hybridized carbons (Fsp3) is 0.130. The van der Waals surface area contributed by atoms with Gasteiger partial charge < -0.3 is 19.2 Å². The Hall–Kier alpha value is -3.82. The van der Waals surface area contributed by atoms with E-state index in [1.807, 2.05) is 0 Å². The molecule has 0 bridgehead atoms. The molecule has 0 amide bonds. The topological polar surface area (TPSA) is 117 Å². The molecule has 4 rings (SSSR count). The number of aromatic nitrogens is 2. The Bertz CT molecular complexity index is 1350. The van der Waals surface area contributed by atoms with Crippen molar-refractivity contribution in [2.45, 2.75) is 12.6 Å². The molecule has 2 heterocycles. The monoisotopic (exact) mass is 502 g/mol. The van der Waals surface area contributed by atoms with E-state index in [9.17, 15) is 19.2 Å². The van der Waals surface area contributed by atoms with E-state index in [-0.39, 0.29) is 29.1 Å². The summed E-state index contributed by atoms with van der Waals surface area (Å²) in [5.41, 5.74) is -0.862. The number of aromatic amines is 1. The number of hydrogen-bond acceptors (Lipinski definition) is 7. The molecule has 3 aromatic rings. The summed E-state index contributed by atoms with van der Waals surface area (Å²) in [6.45, 7) is -0.402. The first-order valence-electron chi connectivity index (χ1n) is 9.91. The predicted molar refractivity (Wildman–Crippen MR) is 122 cm³/mol. The van der Waals surface area contributed by atoms with Gasteiger partial charge in [-0.2, -0.15) is 0 Å². The van der Waals surface area contributed by atoms with E-state index >= 15 is 0 Å². The van der Waals surface area contributed by atoms with E-state index in [2.05, 4.69) is 4.98 Å². The number of H-pyrrole nitrogens is 1. The molecule has 1 N–H and O–H groups in total. The number of halogens is 2.